The quantitative estimate of drug-likeness (QED) is 0.794. The molecule has 2 N–H and O–H groups in total. The SMILES string of the molecule is CN1CCC(N2CCC(N)(C(F)F)CC2)CC1. The molecule has 2 aliphatic heterocycles. The van der Waals surface area contributed by atoms with Gasteiger partial charge < -0.3 is 15.5 Å². The minimum absolute atomic E-state index is 0.428. The number of halogens is 2. The molecule has 2 saturated heterocycles. The van der Waals surface area contributed by atoms with Gasteiger partial charge in [0.2, 0.25) is 0 Å². The van der Waals surface area contributed by atoms with Gasteiger partial charge in [0.1, 0.15) is 0 Å². The second-order valence-corrected chi connectivity index (χ2v) is 5.60. The van der Waals surface area contributed by atoms with Crippen molar-refractivity contribution in [2.75, 3.05) is 33.2 Å². The Balaban J connectivity index is 1.83. The number of nitrogens with zero attached hydrogens (tertiary/aromatic N) is 2. The van der Waals surface area contributed by atoms with Crippen LogP contribution in [0.4, 0.5) is 8.78 Å². The van der Waals surface area contributed by atoms with Crippen molar-refractivity contribution in [3.8, 4) is 0 Å². The molecule has 5 heteroatoms. The minimum Gasteiger partial charge on any atom is -0.320 e. The summed E-state index contributed by atoms with van der Waals surface area (Å²) in [6, 6.07) is 0.577. The summed E-state index contributed by atoms with van der Waals surface area (Å²) in [5.41, 5.74) is 4.50. The molecule has 0 bridgehead atoms. The molecule has 2 fully saturated rings. The number of hydrogen-bond acceptors (Lipinski definition) is 3. The lowest BCUT2D eigenvalue weighted by Crippen LogP contribution is -2.57. The van der Waals surface area contributed by atoms with E-state index < -0.39 is 12.0 Å². The number of nitrogens with two attached hydrogens (primary N) is 1. The highest BCUT2D eigenvalue weighted by Crippen LogP contribution is 2.29. The zero-order chi connectivity index (χ0) is 12.5. The number of likely N-dealkylation sites (tertiary alicyclic amines) is 2. The van der Waals surface area contributed by atoms with Crippen LogP contribution in [0.15, 0.2) is 0 Å². The zero-order valence-corrected chi connectivity index (χ0v) is 10.5. The van der Waals surface area contributed by atoms with Crippen molar-refractivity contribution in [2.24, 2.45) is 5.73 Å². The molecule has 2 heterocycles. The number of rotatable bonds is 2. The van der Waals surface area contributed by atoms with E-state index in [-0.39, 0.29) is 0 Å². The van der Waals surface area contributed by atoms with Crippen LogP contribution in [-0.2, 0) is 0 Å². The molecule has 0 aromatic rings. The molecule has 2 rings (SSSR count). The number of piperidine rings is 2. The van der Waals surface area contributed by atoms with Crippen LogP contribution < -0.4 is 5.73 Å². The van der Waals surface area contributed by atoms with Gasteiger partial charge in [0.15, 0.2) is 0 Å². The van der Waals surface area contributed by atoms with Gasteiger partial charge in [-0.15, -0.1) is 0 Å². The molecule has 0 unspecified atom stereocenters. The average molecular weight is 247 g/mol. The van der Waals surface area contributed by atoms with Gasteiger partial charge in [0.05, 0.1) is 5.54 Å². The lowest BCUT2D eigenvalue weighted by molar-refractivity contribution is -0.00417. The van der Waals surface area contributed by atoms with Crippen LogP contribution in [0.3, 0.4) is 0 Å². The van der Waals surface area contributed by atoms with Crippen LogP contribution >= 0.6 is 0 Å². The Bertz CT molecular complexity index is 244. The van der Waals surface area contributed by atoms with E-state index in [1.54, 1.807) is 0 Å². The highest BCUT2D eigenvalue weighted by Gasteiger charge is 2.40. The van der Waals surface area contributed by atoms with E-state index in [2.05, 4.69) is 16.8 Å². The van der Waals surface area contributed by atoms with Crippen molar-refractivity contribution in [1.29, 1.82) is 0 Å². The van der Waals surface area contributed by atoms with Crippen LogP contribution in [0, 0.1) is 0 Å². The Hall–Kier alpha value is -0.260. The Morgan fingerprint density at radius 3 is 2.12 bits per heavy atom. The monoisotopic (exact) mass is 247 g/mol. The van der Waals surface area contributed by atoms with Crippen LogP contribution in [-0.4, -0.2) is 61.0 Å². The summed E-state index contributed by atoms with van der Waals surface area (Å²) >= 11 is 0. The first kappa shape index (κ1) is 13.2. The third-order valence-corrected chi connectivity index (χ3v) is 4.37. The van der Waals surface area contributed by atoms with Gasteiger partial charge >= 0.3 is 0 Å². The largest absolute Gasteiger partial charge is 0.320 e. The second-order valence-electron chi connectivity index (χ2n) is 5.60. The molecular formula is C12H23F2N3. The van der Waals surface area contributed by atoms with Gasteiger partial charge in [-0.1, -0.05) is 0 Å². The maximum atomic E-state index is 12.8. The highest BCUT2D eigenvalue weighted by atomic mass is 19.3. The standard InChI is InChI=1S/C12H23F2N3/c1-16-6-2-10(3-7-16)17-8-4-12(15,5-9-17)11(13)14/h10-11H,2-9,15H2,1H3. The molecule has 0 aliphatic carbocycles. The molecule has 0 spiro atoms. The molecule has 2 aliphatic rings. The summed E-state index contributed by atoms with van der Waals surface area (Å²) in [5, 5.41) is 0. The van der Waals surface area contributed by atoms with E-state index in [4.69, 9.17) is 5.73 Å². The molecule has 0 saturated carbocycles. The second kappa shape index (κ2) is 5.16. The molecule has 17 heavy (non-hydrogen) atoms. The van der Waals surface area contributed by atoms with Crippen LogP contribution in [0.2, 0.25) is 0 Å². The molecule has 0 aromatic carbocycles. The Labute approximate surface area is 102 Å². The first-order chi connectivity index (χ1) is 8.01. The molecule has 0 radical (unpaired) electrons. The molecule has 3 nitrogen and oxygen atoms in total. The summed E-state index contributed by atoms with van der Waals surface area (Å²) in [7, 11) is 2.13. The number of hydrogen-bond donors (Lipinski definition) is 1. The normalized spacial score (nSPS) is 28.8. The van der Waals surface area contributed by atoms with E-state index >= 15 is 0 Å². The van der Waals surface area contributed by atoms with E-state index in [1.165, 1.54) is 0 Å². The van der Waals surface area contributed by atoms with E-state index in [0.717, 1.165) is 39.0 Å². The number of alkyl halides is 2. The van der Waals surface area contributed by atoms with E-state index in [1.807, 2.05) is 0 Å². The summed E-state index contributed by atoms with van der Waals surface area (Å²) in [6.07, 6.45) is 0.779. The molecule has 0 amide bonds. The fourth-order valence-corrected chi connectivity index (χ4v) is 2.88. The van der Waals surface area contributed by atoms with Crippen molar-refractivity contribution in [3.63, 3.8) is 0 Å². The highest BCUT2D eigenvalue weighted by molar-refractivity contribution is 4.94. The minimum atomic E-state index is -2.39. The van der Waals surface area contributed by atoms with Gasteiger partial charge in [-0.05, 0) is 45.8 Å². The van der Waals surface area contributed by atoms with Crippen molar-refractivity contribution >= 4 is 0 Å². The average Bonchev–Trinajstić information content (AvgIpc) is 2.31. The van der Waals surface area contributed by atoms with Crippen LogP contribution in [0.5, 0.6) is 0 Å². The third-order valence-electron chi connectivity index (χ3n) is 4.37. The van der Waals surface area contributed by atoms with Gasteiger partial charge in [0, 0.05) is 19.1 Å². The molecule has 0 atom stereocenters. The first-order valence-corrected chi connectivity index (χ1v) is 6.51. The van der Waals surface area contributed by atoms with E-state index in [0.29, 0.717) is 18.9 Å². The smallest absolute Gasteiger partial charge is 0.256 e. The maximum absolute atomic E-state index is 12.8. The van der Waals surface area contributed by atoms with Gasteiger partial charge in [-0.2, -0.15) is 0 Å². The summed E-state index contributed by atoms with van der Waals surface area (Å²) < 4.78 is 25.6. The Kier molecular flexibility index (Phi) is 4.00. The van der Waals surface area contributed by atoms with Crippen molar-refractivity contribution in [2.45, 2.75) is 43.7 Å². The summed E-state index contributed by atoms with van der Waals surface area (Å²) in [5.74, 6) is 0. The van der Waals surface area contributed by atoms with Crippen molar-refractivity contribution in [3.05, 3.63) is 0 Å². The zero-order valence-electron chi connectivity index (χ0n) is 10.5. The fourth-order valence-electron chi connectivity index (χ4n) is 2.88. The molecule has 0 aromatic heterocycles. The van der Waals surface area contributed by atoms with Crippen LogP contribution in [0.25, 0.3) is 0 Å². The van der Waals surface area contributed by atoms with Crippen LogP contribution in [0.1, 0.15) is 25.7 Å². The van der Waals surface area contributed by atoms with Gasteiger partial charge in [-0.3, -0.25) is 0 Å². The van der Waals surface area contributed by atoms with Gasteiger partial charge in [0.25, 0.3) is 6.43 Å². The lowest BCUT2D eigenvalue weighted by atomic mass is 9.87. The third kappa shape index (κ3) is 2.95. The fraction of sp³-hybridized carbons (Fsp3) is 1.00. The van der Waals surface area contributed by atoms with Crippen molar-refractivity contribution in [1.82, 2.24) is 9.80 Å². The van der Waals surface area contributed by atoms with Gasteiger partial charge in [-0.25, -0.2) is 8.78 Å². The molecular weight excluding hydrogens is 224 g/mol. The Morgan fingerprint density at radius 1 is 1.12 bits per heavy atom. The van der Waals surface area contributed by atoms with Crippen molar-refractivity contribution < 1.29 is 8.78 Å². The lowest BCUT2D eigenvalue weighted by Gasteiger charge is -2.44. The summed E-state index contributed by atoms with van der Waals surface area (Å²) in [6.45, 7) is 3.69. The maximum Gasteiger partial charge on any atom is 0.256 e. The topological polar surface area (TPSA) is 32.5 Å². The predicted molar refractivity (Wildman–Crippen MR) is 64.2 cm³/mol. The summed E-state index contributed by atoms with van der Waals surface area (Å²) in [4.78, 5) is 4.69. The first-order valence-electron chi connectivity index (χ1n) is 6.51. The molecule has 100 valence electrons. The Morgan fingerprint density at radius 2 is 1.65 bits per heavy atom. The van der Waals surface area contributed by atoms with E-state index in [9.17, 15) is 8.78 Å². The predicted octanol–water partition coefficient (Wildman–Crippen LogP) is 1.14.